The molecule has 18 heavy (non-hydrogen) atoms. The number of aliphatic hydroxyl groups is 1. The normalized spacial score (nSPS) is 22.7. The van der Waals surface area contributed by atoms with Crippen LogP contribution < -0.4 is 10.6 Å². The summed E-state index contributed by atoms with van der Waals surface area (Å²) in [6.45, 7) is 2.01. The van der Waals surface area contributed by atoms with E-state index in [1.807, 2.05) is 30.3 Å². The smallest absolute Gasteiger partial charge is 0.407 e. The van der Waals surface area contributed by atoms with Crippen LogP contribution in [0.3, 0.4) is 0 Å². The number of nitrogens with one attached hydrogen (secondary N) is 2. The maximum atomic E-state index is 11.4. The lowest BCUT2D eigenvalue weighted by Crippen LogP contribution is -2.34. The van der Waals surface area contributed by atoms with E-state index in [1.54, 1.807) is 0 Å². The lowest BCUT2D eigenvalue weighted by atomic mass is 10.1. The molecular formula is C13H18N2O3. The molecule has 0 saturated carbocycles. The average molecular weight is 250 g/mol. The summed E-state index contributed by atoms with van der Waals surface area (Å²) < 4.78 is 5.07. The van der Waals surface area contributed by atoms with Gasteiger partial charge in [0.25, 0.3) is 0 Å². The highest BCUT2D eigenvalue weighted by Gasteiger charge is 2.25. The van der Waals surface area contributed by atoms with Crippen LogP contribution in [0, 0.1) is 5.92 Å². The van der Waals surface area contributed by atoms with Crippen LogP contribution in [0.25, 0.3) is 0 Å². The van der Waals surface area contributed by atoms with Gasteiger partial charge in [-0.25, -0.2) is 4.79 Å². The summed E-state index contributed by atoms with van der Waals surface area (Å²) in [5, 5.41) is 15.3. The second kappa shape index (κ2) is 6.37. The van der Waals surface area contributed by atoms with Crippen LogP contribution in [0.4, 0.5) is 4.79 Å². The average Bonchev–Trinajstić information content (AvgIpc) is 2.81. The molecule has 1 saturated heterocycles. The van der Waals surface area contributed by atoms with Gasteiger partial charge in [-0.15, -0.1) is 0 Å². The molecule has 2 rings (SSSR count). The maximum Gasteiger partial charge on any atom is 0.407 e. The van der Waals surface area contributed by atoms with E-state index in [0.717, 1.165) is 12.1 Å². The molecule has 1 heterocycles. The summed E-state index contributed by atoms with van der Waals surface area (Å²) in [7, 11) is 0. The van der Waals surface area contributed by atoms with Gasteiger partial charge in [0.15, 0.2) is 0 Å². The van der Waals surface area contributed by atoms with Crippen LogP contribution in [0.1, 0.15) is 5.56 Å². The first kappa shape index (κ1) is 12.9. The molecule has 0 bridgehead atoms. The van der Waals surface area contributed by atoms with Crippen molar-refractivity contribution in [3.63, 3.8) is 0 Å². The van der Waals surface area contributed by atoms with E-state index in [2.05, 4.69) is 10.6 Å². The molecule has 3 N–H and O–H groups in total. The molecule has 1 aromatic carbocycles. The Morgan fingerprint density at radius 1 is 1.39 bits per heavy atom. The van der Waals surface area contributed by atoms with E-state index in [4.69, 9.17) is 4.74 Å². The first-order valence-corrected chi connectivity index (χ1v) is 6.09. The van der Waals surface area contributed by atoms with Crippen LogP contribution in [0.2, 0.25) is 0 Å². The fourth-order valence-electron chi connectivity index (χ4n) is 1.92. The third-order valence-electron chi connectivity index (χ3n) is 3.03. The third-order valence-corrected chi connectivity index (χ3v) is 3.03. The number of carbonyl (C=O) groups excluding carboxylic acids is 1. The highest BCUT2D eigenvalue weighted by molar-refractivity contribution is 5.67. The van der Waals surface area contributed by atoms with Crippen molar-refractivity contribution in [1.29, 1.82) is 0 Å². The lowest BCUT2D eigenvalue weighted by molar-refractivity contribution is 0.125. The number of hydrogen-bond acceptors (Lipinski definition) is 4. The molecule has 1 aromatic rings. The Kier molecular flexibility index (Phi) is 4.55. The van der Waals surface area contributed by atoms with Gasteiger partial charge in [-0.3, -0.25) is 0 Å². The molecule has 5 heteroatoms. The van der Waals surface area contributed by atoms with Crippen LogP contribution in [0.15, 0.2) is 30.3 Å². The summed E-state index contributed by atoms with van der Waals surface area (Å²) in [6, 6.07) is 9.52. The van der Waals surface area contributed by atoms with Gasteiger partial charge in [-0.05, 0) is 5.56 Å². The van der Waals surface area contributed by atoms with E-state index in [9.17, 15) is 9.90 Å². The van der Waals surface area contributed by atoms with Gasteiger partial charge in [0, 0.05) is 25.6 Å². The van der Waals surface area contributed by atoms with Crippen molar-refractivity contribution in [2.24, 2.45) is 5.92 Å². The van der Waals surface area contributed by atoms with Gasteiger partial charge in [-0.1, -0.05) is 30.3 Å². The van der Waals surface area contributed by atoms with Crippen LogP contribution >= 0.6 is 0 Å². The zero-order valence-corrected chi connectivity index (χ0v) is 10.1. The second-order valence-corrected chi connectivity index (χ2v) is 4.43. The predicted molar refractivity (Wildman–Crippen MR) is 67.0 cm³/mol. The number of benzene rings is 1. The van der Waals surface area contributed by atoms with Crippen molar-refractivity contribution in [3.05, 3.63) is 35.9 Å². The topological polar surface area (TPSA) is 70.6 Å². The molecule has 0 aliphatic carbocycles. The molecule has 0 radical (unpaired) electrons. The largest absolute Gasteiger partial charge is 0.445 e. The van der Waals surface area contributed by atoms with Crippen LogP contribution in [0.5, 0.6) is 0 Å². The van der Waals surface area contributed by atoms with E-state index in [-0.39, 0.29) is 18.6 Å². The van der Waals surface area contributed by atoms with Crippen molar-refractivity contribution in [3.8, 4) is 0 Å². The molecule has 2 atom stereocenters. The van der Waals surface area contributed by atoms with Gasteiger partial charge in [0.05, 0.1) is 6.10 Å². The summed E-state index contributed by atoms with van der Waals surface area (Å²) in [6.07, 6.45) is -0.836. The van der Waals surface area contributed by atoms with Gasteiger partial charge in [0.1, 0.15) is 6.61 Å². The Balaban J connectivity index is 1.66. The predicted octanol–water partition coefficient (Wildman–Crippen LogP) is 0.493. The zero-order chi connectivity index (χ0) is 12.8. The van der Waals surface area contributed by atoms with E-state index >= 15 is 0 Å². The Hall–Kier alpha value is -1.59. The minimum absolute atomic E-state index is 0.0641. The van der Waals surface area contributed by atoms with Gasteiger partial charge in [0.2, 0.25) is 0 Å². The minimum atomic E-state index is -0.446. The number of rotatable bonds is 4. The Labute approximate surface area is 106 Å². The van der Waals surface area contributed by atoms with Crippen LogP contribution in [-0.4, -0.2) is 36.9 Å². The second-order valence-electron chi connectivity index (χ2n) is 4.43. The molecule has 0 spiro atoms. The number of alkyl carbamates (subject to hydrolysis) is 1. The number of aliphatic hydroxyl groups excluding tert-OH is 1. The van der Waals surface area contributed by atoms with Crippen molar-refractivity contribution >= 4 is 6.09 Å². The number of amides is 1. The quantitative estimate of drug-likeness (QED) is 0.727. The Morgan fingerprint density at radius 2 is 2.17 bits per heavy atom. The molecule has 1 amide bonds. The zero-order valence-electron chi connectivity index (χ0n) is 10.1. The van der Waals surface area contributed by atoms with Gasteiger partial charge >= 0.3 is 6.09 Å². The lowest BCUT2D eigenvalue weighted by Gasteiger charge is -2.14. The number of hydrogen-bond donors (Lipinski definition) is 3. The maximum absolute atomic E-state index is 11.4. The molecule has 98 valence electrons. The van der Waals surface area contributed by atoms with Crippen molar-refractivity contribution in [2.45, 2.75) is 12.7 Å². The molecule has 1 fully saturated rings. The summed E-state index contributed by atoms with van der Waals surface area (Å²) in [5.41, 5.74) is 0.954. The van der Waals surface area contributed by atoms with E-state index in [0.29, 0.717) is 13.1 Å². The van der Waals surface area contributed by atoms with Gasteiger partial charge < -0.3 is 20.5 Å². The fourth-order valence-corrected chi connectivity index (χ4v) is 1.92. The summed E-state index contributed by atoms with van der Waals surface area (Å²) in [4.78, 5) is 11.4. The summed E-state index contributed by atoms with van der Waals surface area (Å²) in [5.74, 6) is 0.0641. The van der Waals surface area contributed by atoms with Crippen molar-refractivity contribution in [2.75, 3.05) is 19.6 Å². The number of β-amino-alcohol motifs (C(OH)–C–C–N with tert-alkyl or cyclic N) is 1. The Morgan fingerprint density at radius 3 is 2.83 bits per heavy atom. The standard InChI is InChI=1S/C13H18N2O3/c16-12-8-14-6-11(12)7-15-13(17)18-9-10-4-2-1-3-5-10/h1-5,11-12,14,16H,6-9H2,(H,15,17). The minimum Gasteiger partial charge on any atom is -0.445 e. The molecule has 2 unspecified atom stereocenters. The first-order chi connectivity index (χ1) is 8.75. The molecular weight excluding hydrogens is 232 g/mol. The fraction of sp³-hybridized carbons (Fsp3) is 0.462. The first-order valence-electron chi connectivity index (χ1n) is 6.09. The van der Waals surface area contributed by atoms with Gasteiger partial charge in [-0.2, -0.15) is 0 Å². The molecule has 1 aliphatic heterocycles. The van der Waals surface area contributed by atoms with Crippen LogP contribution in [-0.2, 0) is 11.3 Å². The molecule has 0 aromatic heterocycles. The molecule has 1 aliphatic rings. The van der Waals surface area contributed by atoms with Crippen molar-refractivity contribution < 1.29 is 14.6 Å². The Bertz CT molecular complexity index is 383. The highest BCUT2D eigenvalue weighted by Crippen LogP contribution is 2.07. The third kappa shape index (κ3) is 3.72. The summed E-state index contributed by atoms with van der Waals surface area (Å²) >= 11 is 0. The number of ether oxygens (including phenoxy) is 1. The monoisotopic (exact) mass is 250 g/mol. The van der Waals surface area contributed by atoms with Crippen molar-refractivity contribution in [1.82, 2.24) is 10.6 Å². The highest BCUT2D eigenvalue weighted by atomic mass is 16.5. The van der Waals surface area contributed by atoms with E-state index in [1.165, 1.54) is 0 Å². The SMILES string of the molecule is O=C(NCC1CNCC1O)OCc1ccccc1. The number of carbonyl (C=O) groups is 1. The molecule has 5 nitrogen and oxygen atoms in total. The van der Waals surface area contributed by atoms with E-state index < -0.39 is 6.09 Å².